The molecule has 4 nitrogen and oxygen atoms in total. The summed E-state index contributed by atoms with van der Waals surface area (Å²) in [6.45, 7) is 5.50. The molecule has 1 atom stereocenters. The second-order valence-corrected chi connectivity index (χ2v) is 6.93. The van der Waals surface area contributed by atoms with Crippen LogP contribution in [-0.4, -0.2) is 16.8 Å². The van der Waals surface area contributed by atoms with E-state index in [0.717, 1.165) is 19.3 Å². The molecule has 0 rings (SSSR count). The highest BCUT2D eigenvalue weighted by Gasteiger charge is 2.33. The summed E-state index contributed by atoms with van der Waals surface area (Å²) in [5.41, 5.74) is 0. The summed E-state index contributed by atoms with van der Waals surface area (Å²) in [4.78, 5) is 32.6. The smallest absolute Gasteiger partial charge is 0.296 e. The highest BCUT2D eigenvalue weighted by molar-refractivity contribution is 6.33. The van der Waals surface area contributed by atoms with Gasteiger partial charge >= 0.3 is 5.97 Å². The van der Waals surface area contributed by atoms with Gasteiger partial charge in [-0.1, -0.05) is 76.8 Å². The van der Waals surface area contributed by atoms with E-state index in [1.807, 2.05) is 6.92 Å². The molecule has 0 saturated carbocycles. The molecule has 0 aromatic rings. The van der Waals surface area contributed by atoms with Gasteiger partial charge in [-0.2, -0.15) is 4.89 Å². The van der Waals surface area contributed by atoms with Gasteiger partial charge in [0, 0.05) is 12.8 Å². The van der Waals surface area contributed by atoms with Crippen molar-refractivity contribution >= 4 is 23.4 Å². The van der Waals surface area contributed by atoms with E-state index in [1.165, 1.54) is 45.4 Å². The monoisotopic (exact) mass is 348 g/mol. The zero-order valence-corrected chi connectivity index (χ0v) is 15.8. The van der Waals surface area contributed by atoms with Crippen molar-refractivity contribution in [2.45, 2.75) is 103 Å². The molecule has 0 saturated heterocycles. The second kappa shape index (κ2) is 13.8. The van der Waals surface area contributed by atoms with E-state index in [2.05, 4.69) is 11.8 Å². The Hall–Kier alpha value is -0.610. The topological polar surface area (TPSA) is 52.6 Å². The Morgan fingerprint density at radius 3 is 1.87 bits per heavy atom. The predicted molar refractivity (Wildman–Crippen MR) is 93.2 cm³/mol. The number of hydrogen-bond donors (Lipinski definition) is 0. The van der Waals surface area contributed by atoms with Gasteiger partial charge in [-0.25, -0.2) is 4.79 Å². The summed E-state index contributed by atoms with van der Waals surface area (Å²) in [5, 5.41) is -1.58. The van der Waals surface area contributed by atoms with Gasteiger partial charge in [-0.15, -0.1) is 0 Å². The average Bonchev–Trinajstić information content (AvgIpc) is 2.51. The van der Waals surface area contributed by atoms with E-state index in [9.17, 15) is 9.59 Å². The molecule has 0 aromatic heterocycles. The van der Waals surface area contributed by atoms with Crippen molar-refractivity contribution in [2.24, 2.45) is 0 Å². The molecular weight excluding hydrogens is 316 g/mol. The quantitative estimate of drug-likeness (QED) is 0.165. The predicted octanol–water partition coefficient (Wildman–Crippen LogP) is 5.71. The SMILES string of the molecule is CCCCCCCCCCCC(=O)C(C)(Cl)OOC(=O)CCC. The Morgan fingerprint density at radius 1 is 0.826 bits per heavy atom. The molecular formula is C18H33ClO4. The van der Waals surface area contributed by atoms with Crippen LogP contribution in [0.1, 0.15) is 97.8 Å². The Balaban J connectivity index is 3.68. The van der Waals surface area contributed by atoms with Crippen molar-refractivity contribution in [3.05, 3.63) is 0 Å². The van der Waals surface area contributed by atoms with Crippen LogP contribution in [0.4, 0.5) is 0 Å². The van der Waals surface area contributed by atoms with Crippen molar-refractivity contribution in [3.8, 4) is 0 Å². The molecule has 0 heterocycles. The van der Waals surface area contributed by atoms with Gasteiger partial charge in [0.2, 0.25) is 5.06 Å². The van der Waals surface area contributed by atoms with Crippen molar-refractivity contribution in [1.29, 1.82) is 0 Å². The summed E-state index contributed by atoms with van der Waals surface area (Å²) in [7, 11) is 0. The molecule has 1 unspecified atom stereocenters. The Morgan fingerprint density at radius 2 is 1.35 bits per heavy atom. The Bertz CT molecular complexity index is 329. The molecule has 0 bridgehead atoms. The fraction of sp³-hybridized carbons (Fsp3) is 0.889. The molecule has 0 amide bonds. The van der Waals surface area contributed by atoms with Crippen LogP contribution in [0.5, 0.6) is 0 Å². The number of Topliss-reactive ketones (excluding diaryl/α,β-unsaturated/α-hetero) is 1. The van der Waals surface area contributed by atoms with E-state index < -0.39 is 11.0 Å². The minimum absolute atomic E-state index is 0.244. The first-order chi connectivity index (χ1) is 10.9. The Kier molecular flexibility index (Phi) is 13.4. The standard InChI is InChI=1S/C18H33ClO4/c1-4-6-7-8-9-10-11-12-13-15-16(20)18(3,19)23-22-17(21)14-5-2/h4-15H2,1-3H3. The molecule has 0 fully saturated rings. The molecule has 0 N–H and O–H groups in total. The maximum atomic E-state index is 12.0. The summed E-state index contributed by atoms with van der Waals surface area (Å²) in [5.74, 6) is -0.748. The van der Waals surface area contributed by atoms with Crippen LogP contribution in [0.25, 0.3) is 0 Å². The summed E-state index contributed by atoms with van der Waals surface area (Å²) >= 11 is 5.99. The fourth-order valence-electron chi connectivity index (χ4n) is 2.24. The first-order valence-corrected chi connectivity index (χ1v) is 9.42. The van der Waals surface area contributed by atoms with E-state index in [-0.39, 0.29) is 12.2 Å². The van der Waals surface area contributed by atoms with Crippen molar-refractivity contribution in [2.75, 3.05) is 0 Å². The van der Waals surface area contributed by atoms with Gasteiger partial charge < -0.3 is 0 Å². The lowest BCUT2D eigenvalue weighted by Gasteiger charge is -2.18. The highest BCUT2D eigenvalue weighted by Crippen LogP contribution is 2.22. The van der Waals surface area contributed by atoms with Crippen LogP contribution in [0.2, 0.25) is 0 Å². The fourth-order valence-corrected chi connectivity index (χ4v) is 2.36. The second-order valence-electron chi connectivity index (χ2n) is 6.21. The van der Waals surface area contributed by atoms with Crippen LogP contribution >= 0.6 is 11.6 Å². The van der Waals surface area contributed by atoms with Gasteiger partial charge in [0.15, 0.2) is 5.78 Å². The molecule has 0 aromatic carbocycles. The zero-order chi connectivity index (χ0) is 17.6. The third-order valence-corrected chi connectivity index (χ3v) is 4.02. The minimum atomic E-state index is -1.58. The minimum Gasteiger partial charge on any atom is -0.296 e. The summed E-state index contributed by atoms with van der Waals surface area (Å²) in [6.07, 6.45) is 11.9. The molecule has 0 spiro atoms. The molecule has 0 aliphatic rings. The van der Waals surface area contributed by atoms with Crippen LogP contribution in [0, 0.1) is 0 Å². The third-order valence-electron chi connectivity index (χ3n) is 3.75. The van der Waals surface area contributed by atoms with Crippen LogP contribution in [0.3, 0.4) is 0 Å². The van der Waals surface area contributed by atoms with E-state index >= 15 is 0 Å². The summed E-state index contributed by atoms with van der Waals surface area (Å²) < 4.78 is 0. The van der Waals surface area contributed by atoms with E-state index in [1.54, 1.807) is 0 Å². The van der Waals surface area contributed by atoms with E-state index in [4.69, 9.17) is 16.5 Å². The molecule has 0 aliphatic heterocycles. The Labute approximate surface area is 146 Å². The van der Waals surface area contributed by atoms with Gasteiger partial charge in [0.25, 0.3) is 0 Å². The number of carbonyl (C=O) groups is 2. The molecule has 0 aliphatic carbocycles. The number of halogens is 1. The van der Waals surface area contributed by atoms with Crippen LogP contribution in [-0.2, 0) is 19.4 Å². The molecule has 23 heavy (non-hydrogen) atoms. The normalized spacial score (nSPS) is 13.6. The lowest BCUT2D eigenvalue weighted by Crippen LogP contribution is -2.33. The first-order valence-electron chi connectivity index (χ1n) is 9.04. The van der Waals surface area contributed by atoms with Crippen LogP contribution in [0.15, 0.2) is 0 Å². The molecule has 5 heteroatoms. The maximum Gasteiger partial charge on any atom is 0.342 e. The highest BCUT2D eigenvalue weighted by atomic mass is 35.5. The number of hydrogen-bond acceptors (Lipinski definition) is 4. The summed E-state index contributed by atoms with van der Waals surface area (Å²) in [6, 6.07) is 0. The number of unbranched alkanes of at least 4 members (excludes halogenated alkanes) is 8. The number of alkyl halides is 1. The van der Waals surface area contributed by atoms with Gasteiger partial charge in [0.05, 0.1) is 0 Å². The van der Waals surface area contributed by atoms with E-state index in [0.29, 0.717) is 12.8 Å². The van der Waals surface area contributed by atoms with Crippen molar-refractivity contribution in [3.63, 3.8) is 0 Å². The lowest BCUT2D eigenvalue weighted by molar-refractivity contribution is -0.299. The van der Waals surface area contributed by atoms with Crippen molar-refractivity contribution in [1.82, 2.24) is 0 Å². The average molecular weight is 349 g/mol. The van der Waals surface area contributed by atoms with Crippen molar-refractivity contribution < 1.29 is 19.4 Å². The maximum absolute atomic E-state index is 12.0. The van der Waals surface area contributed by atoms with Gasteiger partial charge in [-0.05, 0) is 19.8 Å². The van der Waals surface area contributed by atoms with Gasteiger partial charge in [-0.3, -0.25) is 9.68 Å². The largest absolute Gasteiger partial charge is 0.342 e. The third kappa shape index (κ3) is 12.5. The molecule has 136 valence electrons. The van der Waals surface area contributed by atoms with Crippen LogP contribution < -0.4 is 0 Å². The van der Waals surface area contributed by atoms with Gasteiger partial charge in [0.1, 0.15) is 0 Å². The zero-order valence-electron chi connectivity index (χ0n) is 15.0. The number of carbonyl (C=O) groups excluding carboxylic acids is 2. The first kappa shape index (κ1) is 22.4. The number of rotatable bonds is 15. The number of ketones is 1. The lowest BCUT2D eigenvalue weighted by atomic mass is 10.0. The molecule has 0 radical (unpaired) electrons.